The number of methoxy groups -OCH3 is 2. The number of ether oxygens (including phenoxy) is 4. The second-order valence-electron chi connectivity index (χ2n) is 6.10. The monoisotopic (exact) mass is 387 g/mol. The molecule has 7 heteroatoms. The van der Waals surface area contributed by atoms with E-state index in [0.717, 1.165) is 5.56 Å². The van der Waals surface area contributed by atoms with Gasteiger partial charge >= 0.3 is 5.97 Å². The number of hydrogen-bond donors (Lipinski definition) is 1. The summed E-state index contributed by atoms with van der Waals surface area (Å²) in [5.41, 5.74) is 2.05. The fourth-order valence-electron chi connectivity index (χ4n) is 2.39. The number of nitrogens with one attached hydrogen (secondary N) is 1. The molecule has 2 rings (SSSR count). The second kappa shape index (κ2) is 10.3. The highest BCUT2D eigenvalue weighted by Gasteiger charge is 2.17. The number of esters is 1. The highest BCUT2D eigenvalue weighted by molar-refractivity contribution is 6.05. The van der Waals surface area contributed by atoms with Crippen LogP contribution in [0.3, 0.4) is 0 Å². The molecule has 1 N–H and O–H groups in total. The van der Waals surface area contributed by atoms with Crippen LogP contribution in [-0.2, 0) is 14.3 Å². The van der Waals surface area contributed by atoms with Gasteiger partial charge in [0.25, 0.3) is 5.91 Å². The first-order valence-corrected chi connectivity index (χ1v) is 8.83. The summed E-state index contributed by atoms with van der Waals surface area (Å²) in [7, 11) is 3.08. The molecule has 1 amide bonds. The number of aryl methyl sites for hydroxylation is 1. The Bertz CT molecular complexity index is 803. The fourth-order valence-corrected chi connectivity index (χ4v) is 2.39. The van der Waals surface area contributed by atoms with E-state index < -0.39 is 12.1 Å². The molecule has 0 aromatic heterocycles. The van der Waals surface area contributed by atoms with Gasteiger partial charge in [-0.25, -0.2) is 4.79 Å². The van der Waals surface area contributed by atoms with Gasteiger partial charge in [0.1, 0.15) is 18.1 Å². The average molecular weight is 387 g/mol. The van der Waals surface area contributed by atoms with Crippen LogP contribution in [0.2, 0.25) is 0 Å². The molecule has 0 unspecified atom stereocenters. The van der Waals surface area contributed by atoms with Crippen LogP contribution in [0.15, 0.2) is 42.5 Å². The van der Waals surface area contributed by atoms with Gasteiger partial charge in [0.15, 0.2) is 6.10 Å². The zero-order valence-electron chi connectivity index (χ0n) is 16.5. The van der Waals surface area contributed by atoms with Crippen molar-refractivity contribution in [3.05, 3.63) is 53.6 Å². The highest BCUT2D eigenvalue weighted by Crippen LogP contribution is 2.26. The topological polar surface area (TPSA) is 83.1 Å². The smallest absolute Gasteiger partial charge is 0.347 e. The second-order valence-corrected chi connectivity index (χ2v) is 6.10. The van der Waals surface area contributed by atoms with Crippen LogP contribution >= 0.6 is 0 Å². The number of carbonyl (C=O) groups is 2. The molecule has 0 aliphatic rings. The zero-order chi connectivity index (χ0) is 20.5. The summed E-state index contributed by atoms with van der Waals surface area (Å²) in [5, 5.41) is 2.84. The van der Waals surface area contributed by atoms with Crippen LogP contribution in [0.4, 0.5) is 5.69 Å². The predicted octanol–water partition coefficient (Wildman–Crippen LogP) is 3.21. The van der Waals surface area contributed by atoms with Crippen molar-refractivity contribution in [3.8, 4) is 11.5 Å². The van der Waals surface area contributed by atoms with Gasteiger partial charge in [-0.15, -0.1) is 0 Å². The van der Waals surface area contributed by atoms with Gasteiger partial charge < -0.3 is 24.3 Å². The third kappa shape index (κ3) is 5.99. The molecule has 28 heavy (non-hydrogen) atoms. The van der Waals surface area contributed by atoms with Gasteiger partial charge in [-0.1, -0.05) is 6.07 Å². The van der Waals surface area contributed by atoms with Crippen LogP contribution in [0.1, 0.15) is 22.8 Å². The minimum Gasteiger partial charge on any atom is -0.495 e. The quantitative estimate of drug-likeness (QED) is 0.525. The number of amides is 1. The first-order valence-electron chi connectivity index (χ1n) is 8.83. The van der Waals surface area contributed by atoms with Crippen molar-refractivity contribution in [2.24, 2.45) is 0 Å². The molecule has 0 heterocycles. The summed E-state index contributed by atoms with van der Waals surface area (Å²) in [6.07, 6.45) is -0.770. The Balaban J connectivity index is 1.97. The van der Waals surface area contributed by atoms with E-state index in [0.29, 0.717) is 29.4 Å². The Labute approximate surface area is 164 Å². The Morgan fingerprint density at radius 3 is 2.39 bits per heavy atom. The highest BCUT2D eigenvalue weighted by atomic mass is 16.6. The Morgan fingerprint density at radius 1 is 1.04 bits per heavy atom. The summed E-state index contributed by atoms with van der Waals surface area (Å²) < 4.78 is 20.7. The molecule has 0 aliphatic heterocycles. The predicted molar refractivity (Wildman–Crippen MR) is 105 cm³/mol. The first kappa shape index (κ1) is 21.2. The van der Waals surface area contributed by atoms with E-state index in [9.17, 15) is 9.59 Å². The largest absolute Gasteiger partial charge is 0.495 e. The number of benzene rings is 2. The Kier molecular flexibility index (Phi) is 7.83. The van der Waals surface area contributed by atoms with E-state index in [4.69, 9.17) is 18.9 Å². The summed E-state index contributed by atoms with van der Waals surface area (Å²) in [4.78, 5) is 24.3. The maximum Gasteiger partial charge on any atom is 0.347 e. The standard InChI is InChI=1S/C21H25NO6/c1-14-5-10-19(26-4)18(13-14)22-20(23)16-6-8-17(9-7-16)28-15(2)21(24)27-12-11-25-3/h5-10,13,15H,11-12H2,1-4H3,(H,22,23)/t15-/m0/s1. The SMILES string of the molecule is COCCOC(=O)[C@H](C)Oc1ccc(C(=O)Nc2cc(C)ccc2OC)cc1. The van der Waals surface area contributed by atoms with Crippen molar-refractivity contribution in [2.75, 3.05) is 32.8 Å². The molecule has 0 bridgehead atoms. The average Bonchev–Trinajstić information content (AvgIpc) is 2.68. The molecule has 0 aliphatic carbocycles. The molecule has 2 aromatic carbocycles. The summed E-state index contributed by atoms with van der Waals surface area (Å²) >= 11 is 0. The minimum atomic E-state index is -0.770. The number of hydrogen-bond acceptors (Lipinski definition) is 6. The molecule has 0 fully saturated rings. The first-order chi connectivity index (χ1) is 13.4. The minimum absolute atomic E-state index is 0.171. The lowest BCUT2D eigenvalue weighted by Gasteiger charge is -2.14. The summed E-state index contributed by atoms with van der Waals surface area (Å²) in [6.45, 7) is 4.03. The van der Waals surface area contributed by atoms with Crippen molar-refractivity contribution >= 4 is 17.6 Å². The molecule has 150 valence electrons. The van der Waals surface area contributed by atoms with E-state index >= 15 is 0 Å². The third-order valence-corrected chi connectivity index (χ3v) is 3.90. The lowest BCUT2D eigenvalue weighted by atomic mass is 10.1. The molecule has 1 atom stereocenters. The maximum absolute atomic E-state index is 12.5. The molecule has 2 aromatic rings. The van der Waals surface area contributed by atoms with Crippen molar-refractivity contribution in [2.45, 2.75) is 20.0 Å². The lowest BCUT2D eigenvalue weighted by Crippen LogP contribution is -2.27. The van der Waals surface area contributed by atoms with Gasteiger partial charge in [-0.3, -0.25) is 4.79 Å². The van der Waals surface area contributed by atoms with Crippen LogP contribution in [0.5, 0.6) is 11.5 Å². The molecule has 0 saturated heterocycles. The summed E-state index contributed by atoms with van der Waals surface area (Å²) in [6, 6.07) is 12.0. The van der Waals surface area contributed by atoms with Crippen LogP contribution in [-0.4, -0.2) is 45.4 Å². The molecule has 7 nitrogen and oxygen atoms in total. The number of rotatable bonds is 9. The van der Waals surface area contributed by atoms with E-state index in [1.54, 1.807) is 44.4 Å². The Hall–Kier alpha value is -3.06. The Morgan fingerprint density at radius 2 is 1.75 bits per heavy atom. The van der Waals surface area contributed by atoms with Crippen molar-refractivity contribution in [3.63, 3.8) is 0 Å². The van der Waals surface area contributed by atoms with Crippen LogP contribution in [0, 0.1) is 6.92 Å². The normalized spacial score (nSPS) is 11.4. The maximum atomic E-state index is 12.5. The van der Waals surface area contributed by atoms with E-state index in [1.165, 1.54) is 7.11 Å². The number of carbonyl (C=O) groups excluding carboxylic acids is 2. The van der Waals surface area contributed by atoms with E-state index in [1.807, 2.05) is 19.1 Å². The van der Waals surface area contributed by atoms with E-state index in [-0.39, 0.29) is 12.5 Å². The van der Waals surface area contributed by atoms with E-state index in [2.05, 4.69) is 5.32 Å². The van der Waals surface area contributed by atoms with Crippen molar-refractivity contribution in [1.82, 2.24) is 0 Å². The van der Waals surface area contributed by atoms with Gasteiger partial charge in [-0.2, -0.15) is 0 Å². The number of anilines is 1. The van der Waals surface area contributed by atoms with Crippen LogP contribution < -0.4 is 14.8 Å². The molecule has 0 saturated carbocycles. The zero-order valence-corrected chi connectivity index (χ0v) is 16.5. The third-order valence-electron chi connectivity index (χ3n) is 3.90. The lowest BCUT2D eigenvalue weighted by molar-refractivity contribution is -0.152. The van der Waals surface area contributed by atoms with Crippen molar-refractivity contribution < 1.29 is 28.5 Å². The molecular weight excluding hydrogens is 362 g/mol. The van der Waals surface area contributed by atoms with Gasteiger partial charge in [0.2, 0.25) is 0 Å². The fraction of sp³-hybridized carbons (Fsp3) is 0.333. The summed E-state index contributed by atoms with van der Waals surface area (Å²) in [5.74, 6) is 0.286. The van der Waals surface area contributed by atoms with Gasteiger partial charge in [-0.05, 0) is 55.8 Å². The van der Waals surface area contributed by atoms with Gasteiger partial charge in [0, 0.05) is 12.7 Å². The van der Waals surface area contributed by atoms with Crippen molar-refractivity contribution in [1.29, 1.82) is 0 Å². The molecule has 0 radical (unpaired) electrons. The molecular formula is C21H25NO6. The van der Waals surface area contributed by atoms with Crippen LogP contribution in [0.25, 0.3) is 0 Å². The molecule has 0 spiro atoms. The van der Waals surface area contributed by atoms with Gasteiger partial charge in [0.05, 0.1) is 19.4 Å².